The van der Waals surface area contributed by atoms with E-state index in [-0.39, 0.29) is 22.8 Å². The molecule has 27 heavy (non-hydrogen) atoms. The molecule has 7 heteroatoms. The van der Waals surface area contributed by atoms with Crippen molar-refractivity contribution in [2.24, 2.45) is 5.92 Å². The summed E-state index contributed by atoms with van der Waals surface area (Å²) < 4.78 is 32.8. The van der Waals surface area contributed by atoms with Crippen molar-refractivity contribution in [3.63, 3.8) is 0 Å². The normalized spacial score (nSPS) is 20.0. The molecule has 0 radical (unpaired) electrons. The van der Waals surface area contributed by atoms with Gasteiger partial charge in [0.25, 0.3) is 0 Å². The van der Waals surface area contributed by atoms with Gasteiger partial charge in [0, 0.05) is 32.1 Å². The van der Waals surface area contributed by atoms with Crippen LogP contribution in [0.3, 0.4) is 0 Å². The third kappa shape index (κ3) is 4.82. The molecule has 0 N–H and O–H groups in total. The number of hydrogen-bond donors (Lipinski definition) is 0. The first-order chi connectivity index (χ1) is 12.9. The molecule has 6 nitrogen and oxygen atoms in total. The Morgan fingerprint density at radius 2 is 1.59 bits per heavy atom. The molecule has 1 aliphatic heterocycles. The second-order valence-electron chi connectivity index (χ2n) is 7.70. The molecule has 1 saturated heterocycles. The molecule has 1 aliphatic carbocycles. The molecule has 0 aromatic heterocycles. The maximum absolute atomic E-state index is 12.9. The van der Waals surface area contributed by atoms with E-state index < -0.39 is 10.0 Å². The van der Waals surface area contributed by atoms with E-state index in [1.54, 1.807) is 24.3 Å². The summed E-state index contributed by atoms with van der Waals surface area (Å²) in [5.74, 6) is 1.00. The van der Waals surface area contributed by atoms with Crippen molar-refractivity contribution in [3.05, 3.63) is 24.3 Å². The summed E-state index contributed by atoms with van der Waals surface area (Å²) in [5, 5.41) is 0. The Morgan fingerprint density at radius 1 is 1.00 bits per heavy atom. The van der Waals surface area contributed by atoms with Gasteiger partial charge in [0.2, 0.25) is 15.9 Å². The summed E-state index contributed by atoms with van der Waals surface area (Å²) in [5.41, 5.74) is 0. The average Bonchev–Trinajstić information content (AvgIpc) is 2.68. The van der Waals surface area contributed by atoms with Crippen LogP contribution in [0.15, 0.2) is 29.2 Å². The van der Waals surface area contributed by atoms with Gasteiger partial charge in [-0.15, -0.1) is 0 Å². The number of amides is 1. The zero-order valence-electron chi connectivity index (χ0n) is 16.3. The van der Waals surface area contributed by atoms with Gasteiger partial charge in [0.1, 0.15) is 5.75 Å². The van der Waals surface area contributed by atoms with Crippen LogP contribution in [-0.2, 0) is 14.8 Å². The van der Waals surface area contributed by atoms with Gasteiger partial charge in [-0.1, -0.05) is 19.3 Å². The Labute approximate surface area is 162 Å². The molecular formula is C20H30N2O4S. The summed E-state index contributed by atoms with van der Waals surface area (Å²) in [6.07, 6.45) is 5.46. The molecule has 1 aromatic carbocycles. The summed E-state index contributed by atoms with van der Waals surface area (Å²) in [6.45, 7) is 5.51. The number of sulfonamides is 1. The van der Waals surface area contributed by atoms with Gasteiger partial charge in [-0.25, -0.2) is 8.42 Å². The molecule has 0 unspecified atom stereocenters. The molecule has 0 spiro atoms. The predicted octanol–water partition coefficient (Wildman–Crippen LogP) is 2.89. The van der Waals surface area contributed by atoms with E-state index in [4.69, 9.17) is 4.74 Å². The van der Waals surface area contributed by atoms with E-state index in [0.29, 0.717) is 31.9 Å². The Balaban J connectivity index is 1.60. The molecule has 0 bridgehead atoms. The van der Waals surface area contributed by atoms with E-state index in [0.717, 1.165) is 25.7 Å². The largest absolute Gasteiger partial charge is 0.491 e. The lowest BCUT2D eigenvalue weighted by molar-refractivity contribution is -0.137. The van der Waals surface area contributed by atoms with Gasteiger partial charge < -0.3 is 9.64 Å². The second-order valence-corrected chi connectivity index (χ2v) is 9.64. The van der Waals surface area contributed by atoms with Crippen molar-refractivity contribution in [1.29, 1.82) is 0 Å². The van der Waals surface area contributed by atoms with Gasteiger partial charge >= 0.3 is 0 Å². The third-order valence-corrected chi connectivity index (χ3v) is 7.25. The van der Waals surface area contributed by atoms with Crippen molar-refractivity contribution < 1.29 is 17.9 Å². The molecule has 1 saturated carbocycles. The molecule has 1 aromatic rings. The van der Waals surface area contributed by atoms with Crippen molar-refractivity contribution >= 4 is 15.9 Å². The molecule has 2 fully saturated rings. The number of hydrogen-bond acceptors (Lipinski definition) is 4. The van der Waals surface area contributed by atoms with Gasteiger partial charge in [-0.05, 0) is 51.0 Å². The number of rotatable bonds is 5. The van der Waals surface area contributed by atoms with Crippen LogP contribution in [0.4, 0.5) is 0 Å². The van der Waals surface area contributed by atoms with Crippen molar-refractivity contribution in [3.8, 4) is 5.75 Å². The molecule has 1 heterocycles. The fourth-order valence-electron chi connectivity index (χ4n) is 3.87. The molecule has 3 rings (SSSR count). The van der Waals surface area contributed by atoms with E-state index in [1.165, 1.54) is 10.7 Å². The Kier molecular flexibility index (Phi) is 6.42. The first-order valence-electron chi connectivity index (χ1n) is 9.93. The van der Waals surface area contributed by atoms with Gasteiger partial charge in [-0.2, -0.15) is 4.31 Å². The van der Waals surface area contributed by atoms with Crippen LogP contribution in [0.2, 0.25) is 0 Å². The van der Waals surface area contributed by atoms with Crippen molar-refractivity contribution in [2.75, 3.05) is 26.2 Å². The van der Waals surface area contributed by atoms with Crippen LogP contribution >= 0.6 is 0 Å². The zero-order chi connectivity index (χ0) is 19.4. The summed E-state index contributed by atoms with van der Waals surface area (Å²) in [4.78, 5) is 14.8. The van der Waals surface area contributed by atoms with Crippen LogP contribution in [0, 0.1) is 5.92 Å². The first kappa shape index (κ1) is 20.1. The fraction of sp³-hybridized carbons (Fsp3) is 0.650. The molecule has 2 aliphatic rings. The maximum Gasteiger partial charge on any atom is 0.243 e. The molecular weight excluding hydrogens is 364 g/mol. The Bertz CT molecular complexity index is 732. The highest BCUT2D eigenvalue weighted by molar-refractivity contribution is 7.89. The number of ether oxygens (including phenoxy) is 1. The summed E-state index contributed by atoms with van der Waals surface area (Å²) >= 11 is 0. The fourth-order valence-corrected chi connectivity index (χ4v) is 5.29. The molecule has 1 amide bonds. The lowest BCUT2D eigenvalue weighted by Gasteiger charge is -2.36. The summed E-state index contributed by atoms with van der Waals surface area (Å²) in [6, 6.07) is 6.56. The highest BCUT2D eigenvalue weighted by Crippen LogP contribution is 2.27. The van der Waals surface area contributed by atoms with Gasteiger partial charge in [-0.3, -0.25) is 4.79 Å². The lowest BCUT2D eigenvalue weighted by Crippen LogP contribution is -2.52. The van der Waals surface area contributed by atoms with Crippen LogP contribution < -0.4 is 4.74 Å². The van der Waals surface area contributed by atoms with Crippen molar-refractivity contribution in [1.82, 2.24) is 9.21 Å². The Morgan fingerprint density at radius 3 is 2.15 bits per heavy atom. The average molecular weight is 395 g/mol. The number of nitrogens with zero attached hydrogens (tertiary/aromatic N) is 2. The number of benzene rings is 1. The standard InChI is InChI=1S/C20H30N2O4S/c1-16(2)26-18-8-10-19(11-9-18)27(24,25)22-14-12-21(13-15-22)20(23)17-6-4-3-5-7-17/h8-11,16-17H,3-7,12-15H2,1-2H3. The number of carbonyl (C=O) groups excluding carboxylic acids is 1. The topological polar surface area (TPSA) is 66.9 Å². The van der Waals surface area contributed by atoms with E-state index in [9.17, 15) is 13.2 Å². The first-order valence-corrected chi connectivity index (χ1v) is 11.4. The van der Waals surface area contributed by atoms with Gasteiger partial charge in [0.05, 0.1) is 11.0 Å². The third-order valence-electron chi connectivity index (χ3n) is 5.34. The second kappa shape index (κ2) is 8.61. The van der Waals surface area contributed by atoms with E-state index in [2.05, 4.69) is 0 Å². The number of piperazine rings is 1. The molecule has 0 atom stereocenters. The van der Waals surface area contributed by atoms with E-state index in [1.807, 2.05) is 18.7 Å². The Hall–Kier alpha value is -1.60. The molecule has 150 valence electrons. The van der Waals surface area contributed by atoms with E-state index >= 15 is 0 Å². The van der Waals surface area contributed by atoms with Gasteiger partial charge in [0.15, 0.2) is 0 Å². The smallest absolute Gasteiger partial charge is 0.243 e. The highest BCUT2D eigenvalue weighted by atomic mass is 32.2. The predicted molar refractivity (Wildman–Crippen MR) is 104 cm³/mol. The number of carbonyl (C=O) groups is 1. The summed E-state index contributed by atoms with van der Waals surface area (Å²) in [7, 11) is -3.54. The lowest BCUT2D eigenvalue weighted by atomic mass is 9.88. The van der Waals surface area contributed by atoms with Crippen LogP contribution in [0.25, 0.3) is 0 Å². The van der Waals surface area contributed by atoms with Crippen molar-refractivity contribution in [2.45, 2.75) is 57.0 Å². The monoisotopic (exact) mass is 394 g/mol. The quantitative estimate of drug-likeness (QED) is 0.770. The highest BCUT2D eigenvalue weighted by Gasteiger charge is 2.32. The SMILES string of the molecule is CC(C)Oc1ccc(S(=O)(=O)N2CCN(C(=O)C3CCCCC3)CC2)cc1. The maximum atomic E-state index is 12.9. The van der Waals surface area contributed by atoms with Crippen LogP contribution in [0.5, 0.6) is 5.75 Å². The minimum absolute atomic E-state index is 0.0437. The zero-order valence-corrected chi connectivity index (χ0v) is 17.1. The van der Waals surface area contributed by atoms with Crippen LogP contribution in [-0.4, -0.2) is 55.8 Å². The minimum Gasteiger partial charge on any atom is -0.491 e. The minimum atomic E-state index is -3.54. The van der Waals surface area contributed by atoms with Crippen LogP contribution in [0.1, 0.15) is 46.0 Å².